The van der Waals surface area contributed by atoms with Crippen molar-refractivity contribution in [3.8, 4) is 0 Å². The third-order valence-electron chi connectivity index (χ3n) is 2.25. The minimum absolute atomic E-state index is 0.0872. The molecule has 0 saturated carbocycles. The number of unbranched alkanes of at least 4 members (excludes halogenated alkanes) is 1. The van der Waals surface area contributed by atoms with Crippen LogP contribution in [0.2, 0.25) is 0 Å². The first-order valence-electron chi connectivity index (χ1n) is 5.05. The third-order valence-corrected chi connectivity index (χ3v) is 23.4. The van der Waals surface area contributed by atoms with Crippen LogP contribution in [0.1, 0.15) is 32.1 Å². The zero-order valence-corrected chi connectivity index (χ0v) is 14.6. The van der Waals surface area contributed by atoms with Crippen molar-refractivity contribution in [2.24, 2.45) is 0 Å². The van der Waals surface area contributed by atoms with Crippen molar-refractivity contribution in [1.82, 2.24) is 0 Å². The summed E-state index contributed by atoms with van der Waals surface area (Å²) >= 11 is -1.60. The van der Waals surface area contributed by atoms with Crippen molar-refractivity contribution < 1.29 is 9.53 Å². The van der Waals surface area contributed by atoms with Gasteiger partial charge in [-0.05, 0) is 0 Å². The van der Waals surface area contributed by atoms with Gasteiger partial charge in [-0.2, -0.15) is 0 Å². The molecule has 0 aromatic rings. The first-order valence-corrected chi connectivity index (χ1v) is 19.6. The van der Waals surface area contributed by atoms with Crippen molar-refractivity contribution in [3.63, 3.8) is 0 Å². The molecule has 6 heteroatoms. The van der Waals surface area contributed by atoms with E-state index in [0.29, 0.717) is 6.42 Å². The number of halogens is 1. The average Bonchev–Trinajstić information content (AvgIpc) is 2.24. The van der Waals surface area contributed by atoms with Crippen LogP contribution in [-0.2, 0) is 9.53 Å². The Morgan fingerprint density at radius 2 is 2.40 bits per heavy atom. The van der Waals surface area contributed by atoms with Gasteiger partial charge in [0.15, 0.2) is 0 Å². The van der Waals surface area contributed by atoms with Gasteiger partial charge in [0.1, 0.15) is 0 Å². The fourth-order valence-corrected chi connectivity index (χ4v) is 23.2. The zero-order chi connectivity index (χ0) is 11.1. The molecule has 88 valence electrons. The molecule has 0 amide bonds. The molecule has 15 heavy (non-hydrogen) atoms. The molecule has 0 aliphatic carbocycles. The molecule has 1 heterocycles. The molecule has 0 N–H and O–H groups in total. The summed E-state index contributed by atoms with van der Waals surface area (Å²) in [4.78, 5) is 10.9. The Morgan fingerprint density at radius 3 is 3.07 bits per heavy atom. The van der Waals surface area contributed by atoms with Crippen molar-refractivity contribution in [2.75, 3.05) is 12.9 Å². The Balaban J connectivity index is 2.02. The molecule has 1 aliphatic rings. The number of carbonyl (C=O) groups excluding carboxylic acids is 1. The summed E-state index contributed by atoms with van der Waals surface area (Å²) in [7, 11) is 11.8. The van der Waals surface area contributed by atoms with E-state index in [-0.39, 0.29) is 5.97 Å². The monoisotopic (exact) mass is 464 g/mol. The molecule has 1 aliphatic heterocycles. The van der Waals surface area contributed by atoms with E-state index < -0.39 is 17.6 Å². The molecule has 0 spiro atoms. The predicted molar refractivity (Wildman–Crippen MR) is 70.5 cm³/mol. The van der Waals surface area contributed by atoms with Gasteiger partial charge in [-0.25, -0.2) is 0 Å². The van der Waals surface area contributed by atoms with Crippen LogP contribution in [0.25, 0.3) is 0 Å². The second-order valence-corrected chi connectivity index (χ2v) is 27.0. The van der Waals surface area contributed by atoms with Gasteiger partial charge in [0.25, 0.3) is 0 Å². The summed E-state index contributed by atoms with van der Waals surface area (Å²) in [5.74, 6) is 1.17. The van der Waals surface area contributed by atoms with Crippen LogP contribution in [0.5, 0.6) is 0 Å². The van der Waals surface area contributed by atoms with Gasteiger partial charge in [0.05, 0.1) is 0 Å². The Labute approximate surface area is 108 Å². The Hall–Kier alpha value is 1.34. The van der Waals surface area contributed by atoms with Crippen molar-refractivity contribution in [2.45, 2.75) is 37.4 Å². The second kappa shape index (κ2) is 8.44. The maximum atomic E-state index is 10.9. The summed E-state index contributed by atoms with van der Waals surface area (Å²) in [5.41, 5.74) is 0. The van der Waals surface area contributed by atoms with Crippen LogP contribution in [0.4, 0.5) is 0 Å². The standard InChI is InChI=1S/C9H18O2S2.Bi.ClH/c1-11-9(10)5-3-2-4-8(13)6-7-12;;/h8,12-13H,2-7H2,1H3;;1H/q;+3;/p-3. The Bertz CT molecular complexity index is 207. The molecule has 1 atom stereocenters. The number of ether oxygens (including phenoxy) is 1. The number of hydrogen-bond acceptors (Lipinski definition) is 4. The molecule has 0 aromatic heterocycles. The first-order chi connectivity index (χ1) is 7.22. The Morgan fingerprint density at radius 1 is 1.60 bits per heavy atom. The second-order valence-electron chi connectivity index (χ2n) is 3.38. The molecule has 2 nitrogen and oxygen atoms in total. The number of hydrogen-bond donors (Lipinski definition) is 0. The number of methoxy groups -OCH3 is 1. The maximum absolute atomic E-state index is 10.9. The Kier molecular flexibility index (Phi) is 8.10. The normalized spacial score (nSPS) is 22.7. The van der Waals surface area contributed by atoms with Gasteiger partial charge in [0, 0.05) is 0 Å². The van der Waals surface area contributed by atoms with Crippen LogP contribution >= 0.6 is 25.5 Å². The van der Waals surface area contributed by atoms with E-state index in [1.54, 1.807) is 0 Å². The molecule has 1 saturated heterocycles. The molecule has 0 radical (unpaired) electrons. The fourth-order valence-electron chi connectivity index (χ4n) is 1.40. The van der Waals surface area contributed by atoms with E-state index in [0.717, 1.165) is 18.1 Å². The number of esters is 1. The van der Waals surface area contributed by atoms with E-state index in [1.165, 1.54) is 25.7 Å². The van der Waals surface area contributed by atoms with Gasteiger partial charge in [-0.15, -0.1) is 0 Å². The minimum atomic E-state index is -1.60. The molecule has 1 fully saturated rings. The molecule has 1 rings (SSSR count). The van der Waals surface area contributed by atoms with Crippen LogP contribution in [0.15, 0.2) is 0 Å². The number of carbonyl (C=O) groups is 1. The molecule has 1 unspecified atom stereocenters. The van der Waals surface area contributed by atoms with E-state index in [4.69, 9.17) is 8.51 Å². The predicted octanol–water partition coefficient (Wildman–Crippen LogP) is 3.18. The van der Waals surface area contributed by atoms with Gasteiger partial charge in [-0.3, -0.25) is 0 Å². The van der Waals surface area contributed by atoms with Gasteiger partial charge >= 0.3 is 109 Å². The zero-order valence-electron chi connectivity index (χ0n) is 8.78. The summed E-state index contributed by atoms with van der Waals surface area (Å²) in [6.45, 7) is 0. The van der Waals surface area contributed by atoms with E-state index in [9.17, 15) is 4.79 Å². The number of rotatable bonds is 5. The fraction of sp³-hybridized carbons (Fsp3) is 0.889. The molecule has 0 bridgehead atoms. The molecular formula is C9H16BiClO2S2. The van der Waals surface area contributed by atoms with Gasteiger partial charge in [0.2, 0.25) is 0 Å². The van der Waals surface area contributed by atoms with E-state index in [1.807, 2.05) is 8.52 Å². The SMILES string of the molecule is COC(=O)CCCCC1CC[S][Bi]([Cl])[S]1. The summed E-state index contributed by atoms with van der Waals surface area (Å²) < 4.78 is 4.60. The van der Waals surface area contributed by atoms with Crippen LogP contribution < -0.4 is 0 Å². The van der Waals surface area contributed by atoms with E-state index >= 15 is 0 Å². The van der Waals surface area contributed by atoms with Crippen LogP contribution in [0.3, 0.4) is 0 Å². The van der Waals surface area contributed by atoms with Gasteiger partial charge < -0.3 is 0 Å². The topological polar surface area (TPSA) is 26.3 Å². The van der Waals surface area contributed by atoms with E-state index in [2.05, 4.69) is 13.3 Å². The summed E-state index contributed by atoms with van der Waals surface area (Å²) in [5, 5.41) is 0.777. The third kappa shape index (κ3) is 6.60. The van der Waals surface area contributed by atoms with Crippen molar-refractivity contribution in [3.05, 3.63) is 0 Å². The summed E-state index contributed by atoms with van der Waals surface area (Å²) in [6.07, 6.45) is 5.17. The molecule has 0 aromatic carbocycles. The summed E-state index contributed by atoms with van der Waals surface area (Å²) in [6, 6.07) is 0. The van der Waals surface area contributed by atoms with Crippen LogP contribution in [0, 0.1) is 0 Å². The van der Waals surface area contributed by atoms with Gasteiger partial charge in [-0.1, -0.05) is 0 Å². The molecular weight excluding hydrogens is 449 g/mol. The van der Waals surface area contributed by atoms with Crippen LogP contribution in [-0.4, -0.2) is 41.7 Å². The van der Waals surface area contributed by atoms with Crippen molar-refractivity contribution >= 4 is 49.1 Å². The van der Waals surface area contributed by atoms with Crippen molar-refractivity contribution in [1.29, 1.82) is 0 Å². The average molecular weight is 465 g/mol. The first kappa shape index (κ1) is 14.4. The quantitative estimate of drug-likeness (QED) is 0.355.